The Morgan fingerprint density at radius 2 is 1.89 bits per heavy atom. The van der Waals surface area contributed by atoms with Crippen molar-refractivity contribution in [1.82, 2.24) is 4.90 Å². The number of primary amides is 1. The second-order valence-corrected chi connectivity index (χ2v) is 6.34. The summed E-state index contributed by atoms with van der Waals surface area (Å²) in [4.78, 5) is 37.3. The number of nitrogens with zero attached hydrogens (tertiary/aromatic N) is 1. The van der Waals surface area contributed by atoms with Crippen molar-refractivity contribution in [3.63, 3.8) is 0 Å². The molecule has 2 aliphatic heterocycles. The predicted molar refractivity (Wildman–Crippen MR) is 92.8 cm³/mol. The molecule has 0 atom stereocenters. The van der Waals surface area contributed by atoms with Crippen molar-refractivity contribution in [2.45, 2.75) is 12.8 Å². The van der Waals surface area contributed by atoms with Gasteiger partial charge < -0.3 is 29.6 Å². The van der Waals surface area contributed by atoms with E-state index in [4.69, 9.17) is 24.7 Å². The van der Waals surface area contributed by atoms with Crippen LogP contribution in [-0.4, -0.2) is 62.7 Å². The molecule has 0 spiro atoms. The van der Waals surface area contributed by atoms with Crippen LogP contribution >= 0.6 is 0 Å². The van der Waals surface area contributed by atoms with Crippen LogP contribution < -0.4 is 19.9 Å². The monoisotopic (exact) mass is 378 g/mol. The van der Waals surface area contributed by atoms with E-state index in [9.17, 15) is 14.4 Å². The molecule has 2 heterocycles. The lowest BCUT2D eigenvalue weighted by Gasteiger charge is -2.30. The largest absolute Gasteiger partial charge is 0.493 e. The Bertz CT molecular complexity index is 724. The molecule has 3 rings (SSSR count). The molecule has 1 aromatic carbocycles. The zero-order valence-electron chi connectivity index (χ0n) is 15.1. The number of ether oxygens (including phenoxy) is 4. The topological polar surface area (TPSA) is 117 Å². The molecule has 2 aliphatic rings. The highest BCUT2D eigenvalue weighted by molar-refractivity contribution is 5.93. The van der Waals surface area contributed by atoms with Gasteiger partial charge in [-0.15, -0.1) is 0 Å². The average Bonchev–Trinajstić information content (AvgIpc) is 2.70. The molecular formula is C18H22N2O7. The number of esters is 1. The van der Waals surface area contributed by atoms with E-state index in [1.54, 1.807) is 4.90 Å². The SMILES string of the molecule is COc1cc(C(=O)OCC(=O)N2CCC(C(N)=O)CC2)cc2c1OCCO2. The van der Waals surface area contributed by atoms with Gasteiger partial charge in [0.05, 0.1) is 12.7 Å². The molecule has 0 aromatic heterocycles. The smallest absolute Gasteiger partial charge is 0.338 e. The Morgan fingerprint density at radius 1 is 1.19 bits per heavy atom. The number of carbonyl (C=O) groups excluding carboxylic acids is 3. The first-order valence-electron chi connectivity index (χ1n) is 8.71. The third-order valence-corrected chi connectivity index (χ3v) is 4.64. The minimum Gasteiger partial charge on any atom is -0.493 e. The van der Waals surface area contributed by atoms with E-state index >= 15 is 0 Å². The van der Waals surface area contributed by atoms with E-state index in [1.807, 2.05) is 0 Å². The summed E-state index contributed by atoms with van der Waals surface area (Å²) >= 11 is 0. The van der Waals surface area contributed by atoms with Crippen molar-refractivity contribution < 1.29 is 33.3 Å². The summed E-state index contributed by atoms with van der Waals surface area (Å²) in [5.74, 6) is -0.329. The van der Waals surface area contributed by atoms with Gasteiger partial charge in [-0.3, -0.25) is 9.59 Å². The number of piperidine rings is 1. The second kappa shape index (κ2) is 8.15. The molecule has 1 fully saturated rings. The van der Waals surface area contributed by atoms with Gasteiger partial charge in [-0.1, -0.05) is 0 Å². The van der Waals surface area contributed by atoms with Crippen LogP contribution in [0.4, 0.5) is 0 Å². The Kier molecular flexibility index (Phi) is 5.68. The fourth-order valence-electron chi connectivity index (χ4n) is 3.11. The third kappa shape index (κ3) is 4.24. The van der Waals surface area contributed by atoms with Gasteiger partial charge in [0.1, 0.15) is 13.2 Å². The van der Waals surface area contributed by atoms with Gasteiger partial charge in [0.2, 0.25) is 11.7 Å². The molecule has 0 bridgehead atoms. The Labute approximate surface area is 156 Å². The Hall–Kier alpha value is -2.97. The van der Waals surface area contributed by atoms with Crippen LogP contribution in [0.5, 0.6) is 17.2 Å². The van der Waals surface area contributed by atoms with E-state index in [1.165, 1.54) is 19.2 Å². The molecule has 2 amide bonds. The highest BCUT2D eigenvalue weighted by Crippen LogP contribution is 2.40. The van der Waals surface area contributed by atoms with Crippen LogP contribution in [0.2, 0.25) is 0 Å². The van der Waals surface area contributed by atoms with Crippen LogP contribution in [0.15, 0.2) is 12.1 Å². The number of methoxy groups -OCH3 is 1. The van der Waals surface area contributed by atoms with Crippen LogP contribution in [0.25, 0.3) is 0 Å². The van der Waals surface area contributed by atoms with Gasteiger partial charge in [0, 0.05) is 19.0 Å². The number of amides is 2. The first-order chi connectivity index (χ1) is 13.0. The standard InChI is InChI=1S/C18H22N2O7/c1-24-13-8-12(9-14-16(13)26-7-6-25-14)18(23)27-10-15(21)20-4-2-11(3-5-20)17(19)22/h8-9,11H,2-7,10H2,1H3,(H2,19,22). The number of nitrogens with two attached hydrogens (primary N) is 1. The zero-order chi connectivity index (χ0) is 19.4. The first-order valence-corrected chi connectivity index (χ1v) is 8.71. The van der Waals surface area contributed by atoms with Gasteiger partial charge in [0.25, 0.3) is 5.91 Å². The zero-order valence-corrected chi connectivity index (χ0v) is 15.1. The molecule has 2 N–H and O–H groups in total. The minimum atomic E-state index is -0.661. The number of likely N-dealkylation sites (tertiary alicyclic amines) is 1. The lowest BCUT2D eigenvalue weighted by molar-refractivity contribution is -0.137. The van der Waals surface area contributed by atoms with Crippen molar-refractivity contribution in [1.29, 1.82) is 0 Å². The number of carbonyl (C=O) groups is 3. The van der Waals surface area contributed by atoms with Crippen LogP contribution in [0.1, 0.15) is 23.2 Å². The van der Waals surface area contributed by atoms with Gasteiger partial charge >= 0.3 is 5.97 Å². The van der Waals surface area contributed by atoms with Crippen molar-refractivity contribution in [3.8, 4) is 17.2 Å². The number of hydrogen-bond donors (Lipinski definition) is 1. The van der Waals surface area contributed by atoms with Crippen LogP contribution in [-0.2, 0) is 14.3 Å². The molecule has 1 saturated heterocycles. The Morgan fingerprint density at radius 3 is 2.56 bits per heavy atom. The lowest BCUT2D eigenvalue weighted by atomic mass is 9.96. The maximum absolute atomic E-state index is 12.3. The summed E-state index contributed by atoms with van der Waals surface area (Å²) < 4.78 is 21.3. The van der Waals surface area contributed by atoms with E-state index in [2.05, 4.69) is 0 Å². The van der Waals surface area contributed by atoms with Gasteiger partial charge in [-0.2, -0.15) is 0 Å². The van der Waals surface area contributed by atoms with E-state index in [0.717, 1.165) is 0 Å². The highest BCUT2D eigenvalue weighted by Gasteiger charge is 2.27. The first kappa shape index (κ1) is 18.8. The summed E-state index contributed by atoms with van der Waals surface area (Å²) in [6.45, 7) is 1.23. The molecule has 9 heteroatoms. The Balaban J connectivity index is 1.58. The maximum atomic E-state index is 12.3. The van der Waals surface area contributed by atoms with Gasteiger partial charge in [0.15, 0.2) is 18.1 Å². The van der Waals surface area contributed by atoms with Gasteiger partial charge in [-0.05, 0) is 25.0 Å². The number of rotatable bonds is 5. The normalized spacial score (nSPS) is 16.6. The van der Waals surface area contributed by atoms with Gasteiger partial charge in [-0.25, -0.2) is 4.79 Å². The maximum Gasteiger partial charge on any atom is 0.338 e. The van der Waals surface area contributed by atoms with Crippen LogP contribution in [0.3, 0.4) is 0 Å². The van der Waals surface area contributed by atoms with E-state index in [-0.39, 0.29) is 29.9 Å². The summed E-state index contributed by atoms with van der Waals surface area (Å²) in [6, 6.07) is 2.99. The third-order valence-electron chi connectivity index (χ3n) is 4.64. The number of hydrogen-bond acceptors (Lipinski definition) is 7. The van der Waals surface area contributed by atoms with Crippen LogP contribution in [0, 0.1) is 5.92 Å². The average molecular weight is 378 g/mol. The predicted octanol–water partition coefficient (Wildman–Crippen LogP) is 0.347. The number of benzene rings is 1. The second-order valence-electron chi connectivity index (χ2n) is 6.34. The summed E-state index contributed by atoms with van der Waals surface area (Å²) in [6.07, 6.45) is 1.04. The molecule has 27 heavy (non-hydrogen) atoms. The molecule has 9 nitrogen and oxygen atoms in total. The minimum absolute atomic E-state index is 0.205. The lowest BCUT2D eigenvalue weighted by Crippen LogP contribution is -2.43. The van der Waals surface area contributed by atoms with Crippen molar-refractivity contribution in [2.24, 2.45) is 11.7 Å². The fraction of sp³-hybridized carbons (Fsp3) is 0.500. The summed E-state index contributed by atoms with van der Waals surface area (Å²) in [5.41, 5.74) is 5.49. The summed E-state index contributed by atoms with van der Waals surface area (Å²) in [7, 11) is 1.46. The molecule has 1 aromatic rings. The molecular weight excluding hydrogens is 356 g/mol. The molecule has 0 unspecified atom stereocenters. The number of fused-ring (bicyclic) bond motifs is 1. The highest BCUT2D eigenvalue weighted by atomic mass is 16.6. The fourth-order valence-corrected chi connectivity index (χ4v) is 3.11. The van der Waals surface area contributed by atoms with Crippen molar-refractivity contribution in [3.05, 3.63) is 17.7 Å². The molecule has 0 saturated carbocycles. The molecule has 146 valence electrons. The quantitative estimate of drug-likeness (QED) is 0.735. The molecule has 0 radical (unpaired) electrons. The van der Waals surface area contributed by atoms with Crippen molar-refractivity contribution >= 4 is 17.8 Å². The van der Waals surface area contributed by atoms with E-state index in [0.29, 0.717) is 56.4 Å². The van der Waals surface area contributed by atoms with Crippen molar-refractivity contribution in [2.75, 3.05) is 40.0 Å². The van der Waals surface area contributed by atoms with E-state index < -0.39 is 5.97 Å². The summed E-state index contributed by atoms with van der Waals surface area (Å²) in [5, 5.41) is 0. The molecule has 0 aliphatic carbocycles.